The van der Waals surface area contributed by atoms with Gasteiger partial charge in [-0.2, -0.15) is 0 Å². The Labute approximate surface area is 137 Å². The number of carbonyl (C=O) groups is 2. The number of hydrogen-bond acceptors (Lipinski definition) is 5. The Balaban J connectivity index is 2.22. The zero-order chi connectivity index (χ0) is 17.3. The molecule has 0 unspecified atom stereocenters. The highest BCUT2D eigenvalue weighted by molar-refractivity contribution is 7.89. The van der Waals surface area contributed by atoms with E-state index in [1.807, 2.05) is 6.92 Å². The molecule has 1 fully saturated rings. The molecular weight excluding hydrogens is 320 g/mol. The molecule has 0 radical (unpaired) electrons. The summed E-state index contributed by atoms with van der Waals surface area (Å²) < 4.78 is 30.9. The predicted molar refractivity (Wildman–Crippen MR) is 85.1 cm³/mol. The fourth-order valence-electron chi connectivity index (χ4n) is 3.11. The normalized spacial score (nSPS) is 21.6. The first kappa shape index (κ1) is 17.9. The number of piperidine rings is 1. The summed E-state index contributed by atoms with van der Waals surface area (Å²) in [7, 11) is -3.27. The molecule has 0 aliphatic carbocycles. The molecule has 23 heavy (non-hydrogen) atoms. The van der Waals surface area contributed by atoms with Gasteiger partial charge in [-0.3, -0.25) is 4.79 Å². The lowest BCUT2D eigenvalue weighted by Gasteiger charge is -2.38. The lowest BCUT2D eigenvalue weighted by atomic mass is 9.83. The van der Waals surface area contributed by atoms with Crippen molar-refractivity contribution in [1.29, 1.82) is 0 Å². The minimum absolute atomic E-state index is 0.0402. The smallest absolute Gasteiger partial charge is 0.335 e. The average Bonchev–Trinajstić information content (AvgIpc) is 2.76. The predicted octanol–water partition coefficient (Wildman–Crippen LogP) is 0.570. The first-order valence-electron chi connectivity index (χ1n) is 7.98. The monoisotopic (exact) mass is 344 g/mol. The van der Waals surface area contributed by atoms with Gasteiger partial charge in [-0.15, -0.1) is 0 Å². The van der Waals surface area contributed by atoms with Gasteiger partial charge in [0.25, 0.3) is 5.91 Å². The van der Waals surface area contributed by atoms with Gasteiger partial charge in [0.15, 0.2) is 0 Å². The van der Waals surface area contributed by atoms with Crippen molar-refractivity contribution in [1.82, 2.24) is 9.62 Å². The van der Waals surface area contributed by atoms with Crippen molar-refractivity contribution >= 4 is 21.9 Å². The van der Waals surface area contributed by atoms with E-state index in [2.05, 4.69) is 5.32 Å². The molecule has 1 saturated heterocycles. The van der Waals surface area contributed by atoms with E-state index in [1.165, 1.54) is 4.31 Å². The van der Waals surface area contributed by atoms with E-state index in [0.29, 0.717) is 30.5 Å². The molecule has 7 nitrogen and oxygen atoms in total. The molecule has 0 aromatic carbocycles. The third kappa shape index (κ3) is 3.28. The van der Waals surface area contributed by atoms with Crippen molar-refractivity contribution < 1.29 is 22.7 Å². The van der Waals surface area contributed by atoms with Crippen molar-refractivity contribution in [2.45, 2.75) is 45.6 Å². The van der Waals surface area contributed by atoms with Crippen LogP contribution >= 0.6 is 0 Å². The Morgan fingerprint density at radius 3 is 2.43 bits per heavy atom. The molecule has 2 aliphatic rings. The van der Waals surface area contributed by atoms with Crippen LogP contribution in [0, 0.1) is 0 Å². The fraction of sp³-hybridized carbons (Fsp3) is 0.733. The third-order valence-electron chi connectivity index (χ3n) is 4.48. The topological polar surface area (TPSA) is 92.8 Å². The number of amides is 1. The Morgan fingerprint density at radius 2 is 1.91 bits per heavy atom. The van der Waals surface area contributed by atoms with Gasteiger partial charge in [0.1, 0.15) is 5.60 Å². The van der Waals surface area contributed by atoms with Gasteiger partial charge < -0.3 is 10.1 Å². The largest absolute Gasteiger partial charge is 0.450 e. The van der Waals surface area contributed by atoms with Gasteiger partial charge in [-0.05, 0) is 20.3 Å². The summed E-state index contributed by atoms with van der Waals surface area (Å²) in [5, 5.41) is 2.79. The van der Waals surface area contributed by atoms with Crippen LogP contribution in [-0.4, -0.2) is 55.6 Å². The second-order valence-electron chi connectivity index (χ2n) is 5.94. The van der Waals surface area contributed by atoms with Crippen molar-refractivity contribution in [3.63, 3.8) is 0 Å². The maximum atomic E-state index is 12.4. The summed E-state index contributed by atoms with van der Waals surface area (Å²) in [6.07, 6.45) is 1.41. The molecule has 2 heterocycles. The highest BCUT2D eigenvalue weighted by atomic mass is 32.2. The molecule has 0 aromatic rings. The van der Waals surface area contributed by atoms with Crippen LogP contribution in [0.2, 0.25) is 0 Å². The van der Waals surface area contributed by atoms with E-state index in [4.69, 9.17) is 4.74 Å². The van der Waals surface area contributed by atoms with Gasteiger partial charge in [0.2, 0.25) is 10.0 Å². The number of carbonyl (C=O) groups excluding carboxylic acids is 2. The summed E-state index contributed by atoms with van der Waals surface area (Å²) in [5.74, 6) is -0.737. The number of rotatable bonds is 5. The Kier molecular flexibility index (Phi) is 5.15. The molecular formula is C15H24N2O5S. The maximum Gasteiger partial charge on any atom is 0.335 e. The van der Waals surface area contributed by atoms with Crippen LogP contribution in [-0.2, 0) is 24.3 Å². The zero-order valence-electron chi connectivity index (χ0n) is 13.8. The Morgan fingerprint density at radius 1 is 1.30 bits per heavy atom. The molecule has 2 rings (SSSR count). The van der Waals surface area contributed by atoms with Gasteiger partial charge in [0.05, 0.1) is 11.3 Å². The molecule has 8 heteroatoms. The van der Waals surface area contributed by atoms with Crippen molar-refractivity contribution in [3.05, 3.63) is 11.1 Å². The van der Waals surface area contributed by atoms with Gasteiger partial charge in [0, 0.05) is 38.0 Å². The van der Waals surface area contributed by atoms with Crippen molar-refractivity contribution in [2.24, 2.45) is 0 Å². The minimum atomic E-state index is -3.27. The number of sulfonamides is 1. The Hall–Kier alpha value is -1.41. The van der Waals surface area contributed by atoms with Crippen LogP contribution in [0.5, 0.6) is 0 Å². The van der Waals surface area contributed by atoms with E-state index in [0.717, 1.165) is 6.42 Å². The summed E-state index contributed by atoms with van der Waals surface area (Å²) in [4.78, 5) is 24.4. The molecule has 2 aliphatic heterocycles. The SMILES string of the molecule is CCCNC(=O)C1=C(C)C(=O)OC12CCN(S(=O)(=O)CC)CC2. The van der Waals surface area contributed by atoms with Gasteiger partial charge in [-0.1, -0.05) is 6.92 Å². The van der Waals surface area contributed by atoms with Crippen molar-refractivity contribution in [3.8, 4) is 0 Å². The van der Waals surface area contributed by atoms with Gasteiger partial charge in [-0.25, -0.2) is 17.5 Å². The van der Waals surface area contributed by atoms with Crippen molar-refractivity contribution in [2.75, 3.05) is 25.4 Å². The number of ether oxygens (including phenoxy) is 1. The quantitative estimate of drug-likeness (QED) is 0.736. The molecule has 0 aromatic heterocycles. The fourth-order valence-corrected chi connectivity index (χ4v) is 4.22. The summed E-state index contributed by atoms with van der Waals surface area (Å²) in [6, 6.07) is 0. The molecule has 130 valence electrons. The van der Waals surface area contributed by atoms with E-state index in [-0.39, 0.29) is 24.7 Å². The molecule has 0 saturated carbocycles. The van der Waals surface area contributed by atoms with Gasteiger partial charge >= 0.3 is 5.97 Å². The first-order chi connectivity index (χ1) is 10.8. The molecule has 0 atom stereocenters. The van der Waals surface area contributed by atoms with Crippen LogP contribution < -0.4 is 5.32 Å². The summed E-state index contributed by atoms with van der Waals surface area (Å²) in [5.41, 5.74) is -0.298. The second kappa shape index (κ2) is 6.60. The molecule has 1 spiro atoms. The highest BCUT2D eigenvalue weighted by Crippen LogP contribution is 2.41. The first-order valence-corrected chi connectivity index (χ1v) is 9.59. The van der Waals surface area contributed by atoms with E-state index in [9.17, 15) is 18.0 Å². The number of nitrogens with zero attached hydrogens (tertiary/aromatic N) is 1. The maximum absolute atomic E-state index is 12.4. The number of hydrogen-bond donors (Lipinski definition) is 1. The minimum Gasteiger partial charge on any atom is -0.450 e. The molecule has 0 bridgehead atoms. The number of esters is 1. The summed E-state index contributed by atoms with van der Waals surface area (Å²) in [6.45, 7) is 6.16. The average molecular weight is 344 g/mol. The molecule has 1 amide bonds. The van der Waals surface area contributed by atoms with E-state index < -0.39 is 21.6 Å². The summed E-state index contributed by atoms with van der Waals surface area (Å²) >= 11 is 0. The highest BCUT2D eigenvalue weighted by Gasteiger charge is 2.51. The van der Waals surface area contributed by atoms with Crippen LogP contribution in [0.3, 0.4) is 0 Å². The van der Waals surface area contributed by atoms with Crippen LogP contribution in [0.25, 0.3) is 0 Å². The third-order valence-corrected chi connectivity index (χ3v) is 6.36. The second-order valence-corrected chi connectivity index (χ2v) is 8.20. The lowest BCUT2D eigenvalue weighted by molar-refractivity contribution is -0.150. The van der Waals surface area contributed by atoms with Crippen LogP contribution in [0.1, 0.15) is 40.0 Å². The zero-order valence-corrected chi connectivity index (χ0v) is 14.7. The van der Waals surface area contributed by atoms with E-state index >= 15 is 0 Å². The van der Waals surface area contributed by atoms with Crippen LogP contribution in [0.15, 0.2) is 11.1 Å². The van der Waals surface area contributed by atoms with E-state index in [1.54, 1.807) is 13.8 Å². The molecule has 1 N–H and O–H groups in total. The Bertz CT molecular complexity index is 630. The number of nitrogens with one attached hydrogen (secondary N) is 1. The standard InChI is InChI=1S/C15H24N2O5S/c1-4-8-16-13(18)12-11(3)14(19)22-15(12)6-9-17(10-7-15)23(20,21)5-2/h4-10H2,1-3H3,(H,16,18). The van der Waals surface area contributed by atoms with Crippen LogP contribution in [0.4, 0.5) is 0 Å². The lowest BCUT2D eigenvalue weighted by Crippen LogP contribution is -2.50.